The average molecular weight is 295 g/mol. The van der Waals surface area contributed by atoms with E-state index in [4.69, 9.17) is 0 Å². The topological polar surface area (TPSA) is 20.2 Å². The molecule has 0 fully saturated rings. The van der Waals surface area contributed by atoms with Crippen molar-refractivity contribution in [3.05, 3.63) is 29.8 Å². The number of thioether (sulfide) groups is 1. The summed E-state index contributed by atoms with van der Waals surface area (Å²) in [6.45, 7) is 6.59. The second kappa shape index (κ2) is 10.3. The zero-order chi connectivity index (χ0) is 14.8. The Bertz CT molecular complexity index is 358. The fraction of sp³-hybridized carbons (Fsp3) is 0.667. The summed E-state index contributed by atoms with van der Waals surface area (Å²) < 4.78 is 0. The second-order valence-corrected chi connectivity index (χ2v) is 6.76. The SMILES string of the molecule is CCCC(CCC)CSc1cccc(CC(O)CC)c1. The van der Waals surface area contributed by atoms with Crippen molar-refractivity contribution in [2.75, 3.05) is 5.75 Å². The maximum Gasteiger partial charge on any atom is 0.0577 e. The van der Waals surface area contributed by atoms with Crippen LogP contribution in [-0.2, 0) is 6.42 Å². The van der Waals surface area contributed by atoms with Crippen molar-refractivity contribution in [2.45, 2.75) is 70.3 Å². The monoisotopic (exact) mass is 294 g/mol. The van der Waals surface area contributed by atoms with Crippen LogP contribution in [-0.4, -0.2) is 17.0 Å². The predicted molar refractivity (Wildman–Crippen MR) is 90.5 cm³/mol. The van der Waals surface area contributed by atoms with Crippen molar-refractivity contribution in [3.8, 4) is 0 Å². The van der Waals surface area contributed by atoms with Gasteiger partial charge in [-0.15, -0.1) is 11.8 Å². The molecule has 0 saturated heterocycles. The van der Waals surface area contributed by atoms with Crippen LogP contribution in [0.5, 0.6) is 0 Å². The molecule has 0 radical (unpaired) electrons. The Morgan fingerprint density at radius 3 is 2.40 bits per heavy atom. The summed E-state index contributed by atoms with van der Waals surface area (Å²) in [6, 6.07) is 8.69. The Balaban J connectivity index is 2.52. The minimum absolute atomic E-state index is 0.205. The maximum absolute atomic E-state index is 9.75. The molecule has 0 bridgehead atoms. The van der Waals surface area contributed by atoms with E-state index in [9.17, 15) is 5.11 Å². The number of hydrogen-bond donors (Lipinski definition) is 1. The first-order chi connectivity index (χ1) is 9.69. The third-order valence-electron chi connectivity index (χ3n) is 3.72. The summed E-state index contributed by atoms with van der Waals surface area (Å²) in [4.78, 5) is 1.35. The van der Waals surface area contributed by atoms with E-state index in [1.54, 1.807) is 0 Å². The quantitative estimate of drug-likeness (QED) is 0.590. The van der Waals surface area contributed by atoms with Gasteiger partial charge in [-0.1, -0.05) is 45.7 Å². The second-order valence-electron chi connectivity index (χ2n) is 5.67. The molecule has 114 valence electrons. The molecule has 0 spiro atoms. The normalized spacial score (nSPS) is 12.8. The van der Waals surface area contributed by atoms with E-state index >= 15 is 0 Å². The van der Waals surface area contributed by atoms with Crippen LogP contribution < -0.4 is 0 Å². The fourth-order valence-corrected chi connectivity index (χ4v) is 3.69. The Hall–Kier alpha value is -0.470. The van der Waals surface area contributed by atoms with Crippen LogP contribution in [0.25, 0.3) is 0 Å². The van der Waals surface area contributed by atoms with E-state index in [1.165, 1.54) is 41.9 Å². The van der Waals surface area contributed by atoms with Gasteiger partial charge < -0.3 is 5.11 Å². The van der Waals surface area contributed by atoms with E-state index in [2.05, 4.69) is 38.1 Å². The molecule has 1 atom stereocenters. The van der Waals surface area contributed by atoms with Crippen molar-refractivity contribution < 1.29 is 5.11 Å². The summed E-state index contributed by atoms with van der Waals surface area (Å²) in [7, 11) is 0. The van der Waals surface area contributed by atoms with Crippen LogP contribution >= 0.6 is 11.8 Å². The number of aliphatic hydroxyl groups excluding tert-OH is 1. The van der Waals surface area contributed by atoms with Gasteiger partial charge in [-0.05, 0) is 49.3 Å². The lowest BCUT2D eigenvalue weighted by Crippen LogP contribution is -2.08. The molecule has 0 aliphatic heterocycles. The third-order valence-corrected chi connectivity index (χ3v) is 4.95. The Kier molecular flexibility index (Phi) is 9.04. The molecule has 0 aliphatic rings. The first-order valence-electron chi connectivity index (χ1n) is 8.09. The minimum atomic E-state index is -0.205. The molecule has 1 aromatic carbocycles. The zero-order valence-electron chi connectivity index (χ0n) is 13.3. The molecule has 0 saturated carbocycles. The first-order valence-corrected chi connectivity index (χ1v) is 9.07. The highest BCUT2D eigenvalue weighted by molar-refractivity contribution is 7.99. The maximum atomic E-state index is 9.75. The van der Waals surface area contributed by atoms with Gasteiger partial charge in [-0.2, -0.15) is 0 Å². The van der Waals surface area contributed by atoms with E-state index < -0.39 is 0 Å². The lowest BCUT2D eigenvalue weighted by Gasteiger charge is -2.15. The van der Waals surface area contributed by atoms with E-state index in [0.29, 0.717) is 0 Å². The van der Waals surface area contributed by atoms with Gasteiger partial charge in [-0.3, -0.25) is 0 Å². The van der Waals surface area contributed by atoms with Crippen LogP contribution in [0.15, 0.2) is 29.2 Å². The highest BCUT2D eigenvalue weighted by Crippen LogP contribution is 2.26. The van der Waals surface area contributed by atoms with Gasteiger partial charge >= 0.3 is 0 Å². The van der Waals surface area contributed by atoms with Crippen molar-refractivity contribution in [1.29, 1.82) is 0 Å². The van der Waals surface area contributed by atoms with Gasteiger partial charge in [0.05, 0.1) is 6.10 Å². The van der Waals surface area contributed by atoms with Crippen LogP contribution in [0.3, 0.4) is 0 Å². The van der Waals surface area contributed by atoms with Crippen LogP contribution in [0.2, 0.25) is 0 Å². The van der Waals surface area contributed by atoms with Crippen LogP contribution in [0.1, 0.15) is 58.4 Å². The number of rotatable bonds is 10. The van der Waals surface area contributed by atoms with Gasteiger partial charge in [0.15, 0.2) is 0 Å². The number of hydrogen-bond acceptors (Lipinski definition) is 2. The van der Waals surface area contributed by atoms with E-state index in [0.717, 1.165) is 18.8 Å². The predicted octanol–water partition coefficient (Wildman–Crippen LogP) is 5.31. The van der Waals surface area contributed by atoms with Crippen LogP contribution in [0.4, 0.5) is 0 Å². The Labute approximate surface area is 129 Å². The first kappa shape index (κ1) is 17.6. The Morgan fingerprint density at radius 1 is 1.10 bits per heavy atom. The van der Waals surface area contributed by atoms with Gasteiger partial charge in [0.2, 0.25) is 0 Å². The highest BCUT2D eigenvalue weighted by Gasteiger charge is 2.08. The summed E-state index contributed by atoms with van der Waals surface area (Å²) in [5.74, 6) is 2.07. The average Bonchev–Trinajstić information content (AvgIpc) is 2.45. The van der Waals surface area contributed by atoms with Gasteiger partial charge in [0.25, 0.3) is 0 Å². The molecule has 2 heteroatoms. The molecule has 0 aromatic heterocycles. The van der Waals surface area contributed by atoms with E-state index in [1.807, 2.05) is 18.7 Å². The Morgan fingerprint density at radius 2 is 1.80 bits per heavy atom. The molecule has 1 nitrogen and oxygen atoms in total. The molecule has 1 N–H and O–H groups in total. The molecule has 0 aliphatic carbocycles. The number of benzene rings is 1. The summed E-state index contributed by atoms with van der Waals surface area (Å²) in [5, 5.41) is 9.75. The summed E-state index contributed by atoms with van der Waals surface area (Å²) in [5.41, 5.74) is 1.26. The van der Waals surface area contributed by atoms with Crippen molar-refractivity contribution in [3.63, 3.8) is 0 Å². The molecule has 20 heavy (non-hydrogen) atoms. The van der Waals surface area contributed by atoms with Crippen molar-refractivity contribution in [1.82, 2.24) is 0 Å². The van der Waals surface area contributed by atoms with Gasteiger partial charge in [0.1, 0.15) is 0 Å². The molecular formula is C18H30OS. The fourth-order valence-electron chi connectivity index (χ4n) is 2.52. The van der Waals surface area contributed by atoms with Crippen molar-refractivity contribution >= 4 is 11.8 Å². The molecule has 1 aromatic rings. The van der Waals surface area contributed by atoms with Gasteiger partial charge in [-0.25, -0.2) is 0 Å². The molecule has 0 amide bonds. The zero-order valence-corrected chi connectivity index (χ0v) is 14.1. The highest BCUT2D eigenvalue weighted by atomic mass is 32.2. The molecular weight excluding hydrogens is 264 g/mol. The lowest BCUT2D eigenvalue weighted by molar-refractivity contribution is 0.171. The minimum Gasteiger partial charge on any atom is -0.393 e. The van der Waals surface area contributed by atoms with E-state index in [-0.39, 0.29) is 6.10 Å². The standard InChI is InChI=1S/C18H30OS/c1-4-8-15(9-5-2)14-20-18-11-7-10-16(13-18)12-17(19)6-3/h7,10-11,13,15,17,19H,4-6,8-9,12,14H2,1-3H3. The largest absolute Gasteiger partial charge is 0.393 e. The molecule has 1 rings (SSSR count). The lowest BCUT2D eigenvalue weighted by atomic mass is 10.0. The smallest absolute Gasteiger partial charge is 0.0577 e. The molecule has 1 unspecified atom stereocenters. The number of aliphatic hydroxyl groups is 1. The third kappa shape index (κ3) is 6.81. The van der Waals surface area contributed by atoms with Gasteiger partial charge in [0, 0.05) is 10.6 Å². The summed E-state index contributed by atoms with van der Waals surface area (Å²) in [6.07, 6.45) is 6.65. The van der Waals surface area contributed by atoms with Crippen LogP contribution in [0, 0.1) is 5.92 Å². The molecule has 0 heterocycles. The summed E-state index contributed by atoms with van der Waals surface area (Å²) >= 11 is 1.98. The van der Waals surface area contributed by atoms with Crippen molar-refractivity contribution in [2.24, 2.45) is 5.92 Å².